The van der Waals surface area contributed by atoms with Crippen LogP contribution in [0.4, 0.5) is 0 Å². The van der Waals surface area contributed by atoms with E-state index in [9.17, 15) is 0 Å². The molecule has 0 unspecified atom stereocenters. The Balaban J connectivity index is -0.0000000247. The molecule has 0 fully saturated rings. The summed E-state index contributed by atoms with van der Waals surface area (Å²) in [5.41, 5.74) is 0. The molecule has 1 aliphatic carbocycles. The SMILES string of the molecule is Cl.Cl.[C-]1=CC=CC1.[CH3-].[CH3-].[CH3-].[SiH2]=[Ti].[c-]1ccc[nH]1. The average molecular weight is 327 g/mol. The zero-order chi connectivity index (χ0) is 9.07. The second-order valence-corrected chi connectivity index (χ2v) is 1.82. The molecule has 2 rings (SSSR count). The molecule has 0 aliphatic heterocycles. The van der Waals surface area contributed by atoms with Crippen LogP contribution in [-0.4, -0.2) is 12.6 Å². The fourth-order valence-electron chi connectivity index (χ4n) is 0.581. The average Bonchev–Trinajstić information content (AvgIpc) is 2.87. The van der Waals surface area contributed by atoms with Crippen molar-refractivity contribution in [3.63, 3.8) is 0 Å². The number of hydrogen-bond acceptors (Lipinski definition) is 0. The van der Waals surface area contributed by atoms with E-state index in [-0.39, 0.29) is 47.1 Å². The van der Waals surface area contributed by atoms with Crippen molar-refractivity contribution in [3.8, 4) is 0 Å². The first-order valence-corrected chi connectivity index (χ1v) is 7.58. The molecule has 1 heterocycles. The van der Waals surface area contributed by atoms with Crippen molar-refractivity contribution in [2.45, 2.75) is 6.42 Å². The van der Waals surface area contributed by atoms with Gasteiger partial charge in [0.05, 0.1) is 0 Å². The van der Waals surface area contributed by atoms with Crippen molar-refractivity contribution in [2.24, 2.45) is 0 Å². The van der Waals surface area contributed by atoms with E-state index in [1.165, 1.54) is 0 Å². The molecule has 0 saturated carbocycles. The molecule has 0 saturated heterocycles. The van der Waals surface area contributed by atoms with Crippen LogP contribution in [0.5, 0.6) is 0 Å². The molecule has 102 valence electrons. The van der Waals surface area contributed by atoms with Gasteiger partial charge in [0.15, 0.2) is 0 Å². The first kappa shape index (κ1) is 36.0. The minimum Gasteiger partial charge on any atom is -0.484 e. The Bertz CT molecular complexity index is 199. The van der Waals surface area contributed by atoms with Crippen molar-refractivity contribution < 1.29 is 19.2 Å². The topological polar surface area (TPSA) is 15.8 Å². The molecular weight excluding hydrogens is 305 g/mol. The second kappa shape index (κ2) is 36.0. The van der Waals surface area contributed by atoms with Crippen LogP contribution in [0.1, 0.15) is 6.42 Å². The summed E-state index contributed by atoms with van der Waals surface area (Å²) in [5, 5.41) is 0. The zero-order valence-electron chi connectivity index (χ0n) is 10.7. The Morgan fingerprint density at radius 2 is 1.71 bits per heavy atom. The van der Waals surface area contributed by atoms with E-state index in [0.29, 0.717) is 0 Å². The van der Waals surface area contributed by atoms with Crippen molar-refractivity contribution in [3.05, 3.63) is 71.1 Å². The van der Waals surface area contributed by atoms with Crippen LogP contribution in [-0.2, 0) is 19.2 Å². The zero-order valence-corrected chi connectivity index (χ0v) is 15.3. The summed E-state index contributed by atoms with van der Waals surface area (Å²) in [7, 11) is 1.86. The van der Waals surface area contributed by atoms with Gasteiger partial charge in [-0.25, -0.2) is 12.2 Å². The maximum absolute atomic E-state index is 2.99. The van der Waals surface area contributed by atoms with Crippen LogP contribution in [0.3, 0.4) is 0 Å². The molecule has 1 aliphatic rings. The number of H-pyrrole nitrogens is 1. The van der Waals surface area contributed by atoms with Crippen LogP contribution >= 0.6 is 24.8 Å². The van der Waals surface area contributed by atoms with E-state index in [1.807, 2.05) is 57.3 Å². The minimum absolute atomic E-state index is 0. The van der Waals surface area contributed by atoms with Gasteiger partial charge in [-0.1, -0.05) is 0 Å². The quantitative estimate of drug-likeness (QED) is 0.555. The number of aromatic nitrogens is 1. The van der Waals surface area contributed by atoms with E-state index in [1.54, 1.807) is 0 Å². The van der Waals surface area contributed by atoms with E-state index in [2.05, 4.69) is 23.3 Å². The van der Waals surface area contributed by atoms with Crippen LogP contribution < -0.4 is 0 Å². The second-order valence-electron chi connectivity index (χ2n) is 1.82. The fraction of sp³-hybridized carbons (Fsp3) is 0.0833. The predicted molar refractivity (Wildman–Crippen MR) is 83.5 cm³/mol. The van der Waals surface area contributed by atoms with Crippen LogP contribution in [0.15, 0.2) is 36.6 Å². The predicted octanol–water partition coefficient (Wildman–Crippen LogP) is 3.40. The maximum atomic E-state index is 2.99. The van der Waals surface area contributed by atoms with Gasteiger partial charge in [-0.3, -0.25) is 6.08 Å². The van der Waals surface area contributed by atoms with Crippen molar-refractivity contribution >= 4 is 32.4 Å². The third-order valence-corrected chi connectivity index (χ3v) is 1.03. The van der Waals surface area contributed by atoms with Gasteiger partial charge >= 0.3 is 26.8 Å². The number of hydrogen-bond donors (Lipinski definition) is 1. The largest absolute Gasteiger partial charge is 0.484 e. The molecule has 1 aromatic heterocycles. The summed E-state index contributed by atoms with van der Waals surface area (Å²) in [4.78, 5) is 2.74. The van der Waals surface area contributed by atoms with Crippen LogP contribution in [0.2, 0.25) is 0 Å². The van der Waals surface area contributed by atoms with E-state index in [4.69, 9.17) is 0 Å². The van der Waals surface area contributed by atoms with Gasteiger partial charge in [0.25, 0.3) is 0 Å². The number of allylic oxidation sites excluding steroid dienone is 4. The van der Waals surface area contributed by atoms with Crippen LogP contribution in [0.25, 0.3) is 0 Å². The number of nitrogens with one attached hydrogen (secondary N) is 1. The normalized spacial score (nSPS) is 7.71. The maximum Gasteiger partial charge on any atom is -0.108 e. The molecule has 0 bridgehead atoms. The number of halogens is 2. The Kier molecular flexibility index (Phi) is 76.2. The molecule has 1 nitrogen and oxygen atoms in total. The third-order valence-electron chi connectivity index (χ3n) is 1.03. The Morgan fingerprint density at radius 3 is 1.82 bits per heavy atom. The van der Waals surface area contributed by atoms with Gasteiger partial charge in [-0.05, 0) is 0 Å². The van der Waals surface area contributed by atoms with E-state index in [0.717, 1.165) is 6.42 Å². The van der Waals surface area contributed by atoms with Crippen molar-refractivity contribution in [1.82, 2.24) is 4.98 Å². The van der Waals surface area contributed by atoms with Crippen molar-refractivity contribution in [2.75, 3.05) is 0 Å². The summed E-state index contributed by atoms with van der Waals surface area (Å²) in [6.45, 7) is 0. The molecular formula is C12H22Cl2NSiTi-5. The third kappa shape index (κ3) is 31.4. The van der Waals surface area contributed by atoms with Gasteiger partial charge in [-0.15, -0.1) is 37.4 Å². The molecule has 0 spiro atoms. The van der Waals surface area contributed by atoms with E-state index >= 15 is 0 Å². The number of aromatic amines is 1. The van der Waals surface area contributed by atoms with Gasteiger partial charge in [0.2, 0.25) is 0 Å². The summed E-state index contributed by atoms with van der Waals surface area (Å²) in [6.07, 6.45) is 14.6. The standard InChI is InChI=1S/C5H5.C4H4N.3CH3.2ClH.H2Si.Ti/c2*1-2-4-5-3-1;;;;;;;/h1-3H,4H2;1-3,5H;3*1H3;2*1H;1H2;/q5*-1;;;;. The first-order valence-electron chi connectivity index (χ1n) is 3.56. The Hall–Kier alpha value is 0.271. The molecule has 1 N–H and O–H groups in total. The molecule has 1 aromatic rings. The van der Waals surface area contributed by atoms with Gasteiger partial charge in [0.1, 0.15) is 0 Å². The summed E-state index contributed by atoms with van der Waals surface area (Å²) in [6, 6.07) is 3.71. The van der Waals surface area contributed by atoms with Gasteiger partial charge < -0.3 is 27.3 Å². The molecule has 0 aromatic carbocycles. The fourth-order valence-corrected chi connectivity index (χ4v) is 0.581. The Labute approximate surface area is 133 Å². The van der Waals surface area contributed by atoms with E-state index < -0.39 is 0 Å². The smallest absolute Gasteiger partial charge is 0.108 e. The summed E-state index contributed by atoms with van der Waals surface area (Å²) in [5.74, 6) is 0. The molecule has 0 atom stereocenters. The molecule has 0 radical (unpaired) electrons. The minimum atomic E-state index is 0. The first-order chi connectivity index (χ1) is 6.00. The van der Waals surface area contributed by atoms with Gasteiger partial charge in [0, 0.05) is 0 Å². The Morgan fingerprint density at radius 1 is 1.12 bits per heavy atom. The monoisotopic (exact) mass is 326 g/mol. The van der Waals surface area contributed by atoms with Crippen molar-refractivity contribution in [1.29, 1.82) is 0 Å². The summed E-state index contributed by atoms with van der Waals surface area (Å²) >= 11 is 2.03. The molecule has 17 heavy (non-hydrogen) atoms. The van der Waals surface area contributed by atoms with Crippen LogP contribution in [0, 0.1) is 34.6 Å². The number of rotatable bonds is 0. The molecule has 0 amide bonds. The summed E-state index contributed by atoms with van der Waals surface area (Å²) < 4.78 is 0. The molecule has 5 heteroatoms. The van der Waals surface area contributed by atoms with Gasteiger partial charge in [-0.2, -0.15) is 24.4 Å².